The quantitative estimate of drug-likeness (QED) is 0.567. The fraction of sp³-hybridized carbons (Fsp3) is 0.261. The lowest BCUT2D eigenvalue weighted by Gasteiger charge is -2.18. The van der Waals surface area contributed by atoms with Gasteiger partial charge in [0.15, 0.2) is 0 Å². The Morgan fingerprint density at radius 1 is 1.06 bits per heavy atom. The minimum Gasteiger partial charge on any atom is -0.447 e. The smallest absolute Gasteiger partial charge is 0.416 e. The molecule has 0 saturated carbocycles. The Morgan fingerprint density at radius 3 is 2.40 bits per heavy atom. The van der Waals surface area contributed by atoms with E-state index in [2.05, 4.69) is 5.10 Å². The molecular formula is C23H16F3N5O4. The summed E-state index contributed by atoms with van der Waals surface area (Å²) in [7, 11) is 0. The first-order valence-electron chi connectivity index (χ1n) is 10.6. The van der Waals surface area contributed by atoms with Crippen molar-refractivity contribution in [3.05, 3.63) is 85.7 Å². The van der Waals surface area contributed by atoms with Crippen LogP contribution in [0.2, 0.25) is 0 Å². The van der Waals surface area contributed by atoms with Crippen molar-refractivity contribution in [2.75, 3.05) is 18.1 Å². The molecule has 1 atom stereocenters. The number of halogens is 3. The Labute approximate surface area is 195 Å². The Morgan fingerprint density at radius 2 is 1.77 bits per heavy atom. The summed E-state index contributed by atoms with van der Waals surface area (Å²) in [5.74, 6) is 0. The minimum atomic E-state index is -4.58. The topological polar surface area (TPSA) is 110 Å². The SMILES string of the molecule is N#Cc1nn(-c2ccc(N3CCOC3=O)cc2)c(=O)n([C@@H]2CCc3c2cccc3C(F)(F)F)c1=O. The molecule has 0 N–H and O–H groups in total. The zero-order valence-corrected chi connectivity index (χ0v) is 18.0. The Kier molecular flexibility index (Phi) is 5.20. The van der Waals surface area contributed by atoms with Crippen LogP contribution in [0.15, 0.2) is 52.1 Å². The van der Waals surface area contributed by atoms with Crippen LogP contribution in [-0.4, -0.2) is 33.6 Å². The standard InChI is InChI=1S/C23H16F3N5O4/c24-23(25,26)17-3-1-2-16-15(17)8-9-19(16)30-20(32)18(12-27)28-31(21(30)33)14-6-4-13(5-7-14)29-10-11-35-22(29)34/h1-7,19H,8-11H2/t19-/m1/s1. The van der Waals surface area contributed by atoms with Crippen LogP contribution in [0.25, 0.3) is 5.69 Å². The van der Waals surface area contributed by atoms with Crippen molar-refractivity contribution in [2.45, 2.75) is 25.1 Å². The molecule has 0 bridgehead atoms. The van der Waals surface area contributed by atoms with E-state index < -0.39 is 40.8 Å². The fourth-order valence-corrected chi connectivity index (χ4v) is 4.57. The molecule has 35 heavy (non-hydrogen) atoms. The number of nitrogens with zero attached hydrogens (tertiary/aromatic N) is 5. The summed E-state index contributed by atoms with van der Waals surface area (Å²) in [5.41, 5.74) is -2.28. The van der Waals surface area contributed by atoms with Crippen molar-refractivity contribution in [1.82, 2.24) is 14.3 Å². The van der Waals surface area contributed by atoms with Crippen molar-refractivity contribution in [1.29, 1.82) is 5.26 Å². The number of benzene rings is 2. The number of anilines is 1. The third kappa shape index (κ3) is 3.65. The van der Waals surface area contributed by atoms with E-state index >= 15 is 0 Å². The van der Waals surface area contributed by atoms with Crippen LogP contribution in [0.3, 0.4) is 0 Å². The lowest BCUT2D eigenvalue weighted by molar-refractivity contribution is -0.138. The predicted molar refractivity (Wildman–Crippen MR) is 115 cm³/mol. The summed E-state index contributed by atoms with van der Waals surface area (Å²) in [6.45, 7) is 0.609. The summed E-state index contributed by atoms with van der Waals surface area (Å²) in [4.78, 5) is 39.5. The highest BCUT2D eigenvalue weighted by Gasteiger charge is 2.38. The largest absolute Gasteiger partial charge is 0.447 e. The second-order valence-corrected chi connectivity index (χ2v) is 8.04. The summed E-state index contributed by atoms with van der Waals surface area (Å²) in [5, 5.41) is 13.3. The maximum atomic E-state index is 13.5. The molecule has 2 aliphatic rings. The molecule has 178 valence electrons. The maximum Gasteiger partial charge on any atom is 0.416 e. The van der Waals surface area contributed by atoms with Gasteiger partial charge in [-0.15, -0.1) is 5.10 Å². The number of fused-ring (bicyclic) bond motifs is 1. The number of nitriles is 1. The number of carbonyl (C=O) groups is 1. The Balaban J connectivity index is 1.62. The van der Waals surface area contributed by atoms with Gasteiger partial charge in [-0.25, -0.2) is 14.2 Å². The van der Waals surface area contributed by atoms with E-state index in [-0.39, 0.29) is 36.3 Å². The number of rotatable bonds is 3. The molecule has 0 radical (unpaired) electrons. The number of hydrogen-bond acceptors (Lipinski definition) is 6. The van der Waals surface area contributed by atoms with Crippen LogP contribution >= 0.6 is 0 Å². The lowest BCUT2D eigenvalue weighted by Crippen LogP contribution is -2.44. The number of amides is 1. The number of alkyl halides is 3. The van der Waals surface area contributed by atoms with Crippen molar-refractivity contribution >= 4 is 11.8 Å². The van der Waals surface area contributed by atoms with Gasteiger partial charge in [-0.2, -0.15) is 23.1 Å². The highest BCUT2D eigenvalue weighted by Crippen LogP contribution is 2.41. The van der Waals surface area contributed by atoms with E-state index in [9.17, 15) is 32.8 Å². The van der Waals surface area contributed by atoms with Crippen molar-refractivity contribution in [3.8, 4) is 11.8 Å². The van der Waals surface area contributed by atoms with Gasteiger partial charge in [0, 0.05) is 5.69 Å². The van der Waals surface area contributed by atoms with E-state index in [0.717, 1.165) is 15.3 Å². The number of cyclic esters (lactones) is 1. The summed E-state index contributed by atoms with van der Waals surface area (Å²) in [6, 6.07) is 10.4. The number of hydrogen-bond donors (Lipinski definition) is 0. The van der Waals surface area contributed by atoms with E-state index in [1.807, 2.05) is 0 Å². The van der Waals surface area contributed by atoms with Crippen LogP contribution in [0.4, 0.5) is 23.7 Å². The molecule has 5 rings (SSSR count). The zero-order chi connectivity index (χ0) is 24.9. The highest BCUT2D eigenvalue weighted by molar-refractivity contribution is 5.89. The van der Waals surface area contributed by atoms with E-state index in [4.69, 9.17) is 4.74 Å². The fourth-order valence-electron chi connectivity index (χ4n) is 4.57. The molecule has 1 fully saturated rings. The first kappa shape index (κ1) is 22.4. The zero-order valence-electron chi connectivity index (χ0n) is 18.0. The first-order valence-corrected chi connectivity index (χ1v) is 10.6. The van der Waals surface area contributed by atoms with Gasteiger partial charge in [0.05, 0.1) is 23.8 Å². The van der Waals surface area contributed by atoms with Gasteiger partial charge in [0.25, 0.3) is 5.56 Å². The third-order valence-corrected chi connectivity index (χ3v) is 6.14. The second kappa shape index (κ2) is 8.12. The molecule has 1 aliphatic heterocycles. The minimum absolute atomic E-state index is 0.0202. The average Bonchev–Trinajstić information content (AvgIpc) is 3.45. The molecule has 0 spiro atoms. The molecule has 3 aromatic rings. The van der Waals surface area contributed by atoms with Crippen molar-refractivity contribution in [2.24, 2.45) is 0 Å². The molecule has 0 unspecified atom stereocenters. The van der Waals surface area contributed by atoms with Gasteiger partial charge in [-0.05, 0) is 54.3 Å². The molecule has 1 saturated heterocycles. The van der Waals surface area contributed by atoms with Gasteiger partial charge in [0.2, 0.25) is 5.69 Å². The normalized spacial score (nSPS) is 17.3. The van der Waals surface area contributed by atoms with Gasteiger partial charge < -0.3 is 4.74 Å². The van der Waals surface area contributed by atoms with Gasteiger partial charge in [-0.3, -0.25) is 9.69 Å². The summed E-state index contributed by atoms with van der Waals surface area (Å²) in [6.07, 6.45) is -4.98. The lowest BCUT2D eigenvalue weighted by atomic mass is 10.0. The van der Waals surface area contributed by atoms with Crippen LogP contribution < -0.4 is 16.1 Å². The van der Waals surface area contributed by atoms with Crippen LogP contribution in [0.5, 0.6) is 0 Å². The van der Waals surface area contributed by atoms with Crippen LogP contribution in [-0.2, 0) is 17.3 Å². The maximum absolute atomic E-state index is 13.5. The molecular weight excluding hydrogens is 467 g/mol. The van der Waals surface area contributed by atoms with Gasteiger partial charge in [0.1, 0.15) is 12.7 Å². The van der Waals surface area contributed by atoms with E-state index in [1.165, 1.54) is 29.2 Å². The predicted octanol–water partition coefficient (Wildman–Crippen LogP) is 2.78. The van der Waals surface area contributed by atoms with Crippen LogP contribution in [0.1, 0.15) is 34.8 Å². The van der Waals surface area contributed by atoms with E-state index in [0.29, 0.717) is 12.2 Å². The van der Waals surface area contributed by atoms with E-state index in [1.54, 1.807) is 18.2 Å². The third-order valence-electron chi connectivity index (χ3n) is 6.14. The van der Waals surface area contributed by atoms with Crippen molar-refractivity contribution < 1.29 is 22.7 Å². The molecule has 2 heterocycles. The molecule has 2 aromatic carbocycles. The summed E-state index contributed by atoms with van der Waals surface area (Å²) >= 11 is 0. The van der Waals surface area contributed by atoms with Crippen LogP contribution in [0, 0.1) is 11.3 Å². The summed E-state index contributed by atoms with van der Waals surface area (Å²) < 4.78 is 47.0. The number of carbonyl (C=O) groups excluding carboxylic acids is 1. The Hall–Kier alpha value is -4.40. The molecule has 1 amide bonds. The molecule has 12 heteroatoms. The number of aromatic nitrogens is 3. The Bertz CT molecular complexity index is 1500. The average molecular weight is 483 g/mol. The highest BCUT2D eigenvalue weighted by atomic mass is 19.4. The van der Waals surface area contributed by atoms with Crippen molar-refractivity contribution in [3.63, 3.8) is 0 Å². The molecule has 9 nitrogen and oxygen atoms in total. The first-order chi connectivity index (χ1) is 16.7. The molecule has 1 aromatic heterocycles. The molecule has 1 aliphatic carbocycles. The second-order valence-electron chi connectivity index (χ2n) is 8.04. The number of ether oxygens (including phenoxy) is 1. The van der Waals surface area contributed by atoms with Gasteiger partial charge >= 0.3 is 18.0 Å². The van der Waals surface area contributed by atoms with Gasteiger partial charge in [-0.1, -0.05) is 12.1 Å². The monoisotopic (exact) mass is 483 g/mol.